The smallest absolute Gasteiger partial charge is 0.411 e. The van der Waals surface area contributed by atoms with Gasteiger partial charge in [-0.05, 0) is 29.4 Å². The molecule has 8 heteroatoms. The molecule has 2 saturated heterocycles. The van der Waals surface area contributed by atoms with Crippen LogP contribution in [0.15, 0.2) is 35.4 Å². The van der Waals surface area contributed by atoms with Gasteiger partial charge in [-0.25, -0.2) is 9.59 Å². The Morgan fingerprint density at radius 1 is 1.33 bits per heavy atom. The molecule has 0 aromatic heterocycles. The summed E-state index contributed by atoms with van der Waals surface area (Å²) in [6, 6.07) is 9.32. The normalized spacial score (nSPS) is 27.0. The van der Waals surface area contributed by atoms with E-state index in [1.807, 2.05) is 30.3 Å². The average molecular weight is 330 g/mol. The van der Waals surface area contributed by atoms with Gasteiger partial charge >= 0.3 is 12.1 Å². The van der Waals surface area contributed by atoms with Gasteiger partial charge in [0.25, 0.3) is 0 Å². The Balaban J connectivity index is 1.72. The van der Waals surface area contributed by atoms with Gasteiger partial charge in [0.15, 0.2) is 0 Å². The van der Waals surface area contributed by atoms with Crippen LogP contribution in [0.5, 0.6) is 0 Å². The van der Waals surface area contributed by atoms with Crippen LogP contribution >= 0.6 is 0 Å². The fraction of sp³-hybridized carbons (Fsp3) is 0.500. The van der Waals surface area contributed by atoms with E-state index >= 15 is 0 Å². The molecular weight excluding hydrogens is 312 g/mol. The van der Waals surface area contributed by atoms with E-state index in [2.05, 4.69) is 10.0 Å². The highest BCUT2D eigenvalue weighted by Gasteiger charge is 2.71. The van der Waals surface area contributed by atoms with E-state index in [1.165, 1.54) is 12.0 Å². The first-order chi connectivity index (χ1) is 11.6. The second kappa shape index (κ2) is 6.05. The number of ether oxygens (including phenoxy) is 2. The van der Waals surface area contributed by atoms with Crippen LogP contribution in [0.2, 0.25) is 0 Å². The number of benzene rings is 1. The minimum Gasteiger partial charge on any atom is -0.467 e. The van der Waals surface area contributed by atoms with Gasteiger partial charge in [0.2, 0.25) is 0 Å². The molecule has 2 bridgehead atoms. The van der Waals surface area contributed by atoms with Gasteiger partial charge in [-0.1, -0.05) is 35.4 Å². The van der Waals surface area contributed by atoms with Crippen molar-refractivity contribution in [1.82, 2.24) is 4.90 Å². The number of azide groups is 1. The first-order valence-electron chi connectivity index (χ1n) is 7.63. The molecule has 2 heterocycles. The van der Waals surface area contributed by atoms with Crippen LogP contribution in [0.25, 0.3) is 10.4 Å². The third-order valence-electron chi connectivity index (χ3n) is 4.81. The summed E-state index contributed by atoms with van der Waals surface area (Å²) in [4.78, 5) is 28.9. The van der Waals surface area contributed by atoms with Crippen LogP contribution in [-0.4, -0.2) is 42.7 Å². The number of carbonyl (C=O) groups is 2. The Kier molecular flexibility index (Phi) is 4.07. The average Bonchev–Trinajstić information content (AvgIpc) is 3.10. The minimum atomic E-state index is -0.993. The third-order valence-corrected chi connectivity index (χ3v) is 4.81. The van der Waals surface area contributed by atoms with Crippen molar-refractivity contribution < 1.29 is 19.1 Å². The fourth-order valence-electron chi connectivity index (χ4n) is 3.80. The quantitative estimate of drug-likeness (QED) is 0.358. The highest BCUT2D eigenvalue weighted by Crippen LogP contribution is 2.60. The topological polar surface area (TPSA) is 105 Å². The van der Waals surface area contributed by atoms with Crippen LogP contribution in [-0.2, 0) is 20.9 Å². The first kappa shape index (κ1) is 16.1. The van der Waals surface area contributed by atoms with Gasteiger partial charge in [-0.3, -0.25) is 4.90 Å². The minimum absolute atomic E-state index is 0.136. The van der Waals surface area contributed by atoms with Gasteiger partial charge in [-0.15, -0.1) is 0 Å². The van der Waals surface area contributed by atoms with E-state index in [4.69, 9.17) is 15.0 Å². The molecule has 1 amide bonds. The maximum atomic E-state index is 12.5. The summed E-state index contributed by atoms with van der Waals surface area (Å²) in [7, 11) is 1.30. The molecule has 1 aliphatic carbocycles. The molecule has 24 heavy (non-hydrogen) atoms. The SMILES string of the molecule is COC(=O)C12CC(CN=[N+]=[N-])(CN1C(=O)OCc1ccccc1)C2. The number of hydrogen-bond acceptors (Lipinski definition) is 5. The Morgan fingerprint density at radius 3 is 2.67 bits per heavy atom. The summed E-state index contributed by atoms with van der Waals surface area (Å²) in [6.45, 7) is 0.718. The lowest BCUT2D eigenvalue weighted by molar-refractivity contribution is -0.157. The lowest BCUT2D eigenvalue weighted by Crippen LogP contribution is -2.57. The van der Waals surface area contributed by atoms with Crippen molar-refractivity contribution in [3.05, 3.63) is 46.3 Å². The molecule has 0 radical (unpaired) electrons. The zero-order chi connectivity index (χ0) is 17.2. The van der Waals surface area contributed by atoms with E-state index in [0.29, 0.717) is 19.4 Å². The van der Waals surface area contributed by atoms with Crippen LogP contribution < -0.4 is 0 Å². The lowest BCUT2D eigenvalue weighted by atomic mass is 9.62. The Hall–Kier alpha value is -2.73. The monoisotopic (exact) mass is 330 g/mol. The van der Waals surface area contributed by atoms with Crippen LogP contribution in [0.3, 0.4) is 0 Å². The van der Waals surface area contributed by atoms with Crippen LogP contribution in [0, 0.1) is 5.41 Å². The van der Waals surface area contributed by atoms with E-state index in [-0.39, 0.29) is 18.6 Å². The molecule has 3 fully saturated rings. The van der Waals surface area contributed by atoms with Gasteiger partial charge in [0.05, 0.1) is 7.11 Å². The molecule has 0 N–H and O–H groups in total. The van der Waals surface area contributed by atoms with Crippen molar-refractivity contribution in [3.63, 3.8) is 0 Å². The van der Waals surface area contributed by atoms with Crippen LogP contribution in [0.4, 0.5) is 4.79 Å². The molecule has 0 unspecified atom stereocenters. The number of methoxy groups -OCH3 is 1. The Morgan fingerprint density at radius 2 is 2.04 bits per heavy atom. The molecule has 3 aliphatic rings. The lowest BCUT2D eigenvalue weighted by Gasteiger charge is -2.44. The maximum Gasteiger partial charge on any atom is 0.411 e. The van der Waals surface area contributed by atoms with Crippen molar-refractivity contribution in [2.24, 2.45) is 10.5 Å². The summed E-state index contributed by atoms with van der Waals surface area (Å²) >= 11 is 0. The summed E-state index contributed by atoms with van der Waals surface area (Å²) in [5.41, 5.74) is 8.05. The molecule has 0 atom stereocenters. The number of nitrogens with zero attached hydrogens (tertiary/aromatic N) is 4. The highest BCUT2D eigenvalue weighted by atomic mass is 16.6. The van der Waals surface area contributed by atoms with E-state index < -0.39 is 17.6 Å². The van der Waals surface area contributed by atoms with Gasteiger partial charge in [-0.2, -0.15) is 0 Å². The maximum absolute atomic E-state index is 12.5. The largest absolute Gasteiger partial charge is 0.467 e. The number of esters is 1. The summed E-state index contributed by atoms with van der Waals surface area (Å²) in [5, 5.41) is 3.62. The summed E-state index contributed by atoms with van der Waals surface area (Å²) in [5.74, 6) is -0.451. The summed E-state index contributed by atoms with van der Waals surface area (Å²) < 4.78 is 10.2. The molecule has 1 aromatic rings. The highest BCUT2D eigenvalue weighted by molar-refractivity contribution is 5.89. The van der Waals surface area contributed by atoms with E-state index in [9.17, 15) is 9.59 Å². The third kappa shape index (κ3) is 2.55. The first-order valence-corrected chi connectivity index (χ1v) is 7.63. The van der Waals surface area contributed by atoms with Crippen molar-refractivity contribution in [2.75, 3.05) is 20.2 Å². The molecule has 8 nitrogen and oxygen atoms in total. The standard InChI is InChI=1S/C16H18N4O4/c1-23-13(21)16-8-15(9-16,10-18-19-17)11-20(16)14(22)24-7-12-5-3-2-4-6-12/h2-6H,7-11H2,1H3. The molecule has 4 rings (SSSR count). The molecule has 126 valence electrons. The van der Waals surface area contributed by atoms with Gasteiger partial charge in [0, 0.05) is 18.0 Å². The van der Waals surface area contributed by atoms with Crippen molar-refractivity contribution in [3.8, 4) is 0 Å². The Bertz CT molecular complexity index is 693. The molecule has 0 spiro atoms. The van der Waals surface area contributed by atoms with Gasteiger partial charge < -0.3 is 9.47 Å². The van der Waals surface area contributed by atoms with Crippen molar-refractivity contribution in [1.29, 1.82) is 0 Å². The Labute approximate surface area is 139 Å². The van der Waals surface area contributed by atoms with Gasteiger partial charge in [0.1, 0.15) is 12.1 Å². The number of fused-ring (bicyclic) bond motifs is 1. The summed E-state index contributed by atoms with van der Waals surface area (Å²) in [6.07, 6.45) is 0.322. The molecule has 2 aliphatic heterocycles. The van der Waals surface area contributed by atoms with Crippen molar-refractivity contribution in [2.45, 2.75) is 25.0 Å². The fourth-order valence-corrected chi connectivity index (χ4v) is 3.80. The zero-order valence-electron chi connectivity index (χ0n) is 13.3. The predicted octanol–water partition coefficient (Wildman–Crippen LogP) is 2.64. The van der Waals surface area contributed by atoms with Crippen molar-refractivity contribution >= 4 is 12.1 Å². The second-order valence-corrected chi connectivity index (χ2v) is 6.39. The molecule has 1 aromatic carbocycles. The molecular formula is C16H18N4O4. The number of rotatable bonds is 5. The van der Waals surface area contributed by atoms with Crippen LogP contribution in [0.1, 0.15) is 18.4 Å². The predicted molar refractivity (Wildman–Crippen MR) is 83.8 cm³/mol. The number of carbonyl (C=O) groups excluding carboxylic acids is 2. The van der Waals surface area contributed by atoms with E-state index in [1.54, 1.807) is 0 Å². The number of amides is 1. The number of hydrogen-bond donors (Lipinski definition) is 0. The van der Waals surface area contributed by atoms with E-state index in [0.717, 1.165) is 5.56 Å². The molecule has 1 saturated carbocycles. The second-order valence-electron chi connectivity index (χ2n) is 6.39. The zero-order valence-corrected chi connectivity index (χ0v) is 13.3.